The molecule has 0 aromatic carbocycles. The minimum absolute atomic E-state index is 0.492. The van der Waals surface area contributed by atoms with Crippen LogP contribution >= 0.6 is 0 Å². The highest BCUT2D eigenvalue weighted by molar-refractivity contribution is 5.78. The summed E-state index contributed by atoms with van der Waals surface area (Å²) in [7, 11) is 0. The second-order valence-electron chi connectivity index (χ2n) is 4.87. The van der Waals surface area contributed by atoms with Gasteiger partial charge in [-0.3, -0.25) is 4.79 Å². The molecule has 0 aliphatic carbocycles. The molecule has 0 aromatic heterocycles. The van der Waals surface area contributed by atoms with Crippen molar-refractivity contribution in [1.29, 1.82) is 0 Å². The number of unbranched alkanes of at least 4 members (excludes halogenated alkanes) is 8. The highest BCUT2D eigenvalue weighted by atomic mass is 16.1. The van der Waals surface area contributed by atoms with Gasteiger partial charge in [0.05, 0.1) is 0 Å². The van der Waals surface area contributed by atoms with E-state index >= 15 is 0 Å². The fraction of sp³-hybridized carbons (Fsp3) is 0.933. The molecule has 0 aromatic rings. The van der Waals surface area contributed by atoms with Gasteiger partial charge in [-0.05, 0) is 12.8 Å². The highest BCUT2D eigenvalue weighted by Gasteiger charge is 2.01. The molecule has 0 saturated heterocycles. The van der Waals surface area contributed by atoms with Crippen LogP contribution in [0, 0.1) is 0 Å². The van der Waals surface area contributed by atoms with Gasteiger partial charge in [0.2, 0.25) is 0 Å². The van der Waals surface area contributed by atoms with Crippen molar-refractivity contribution >= 4 is 5.78 Å². The van der Waals surface area contributed by atoms with E-state index in [0.29, 0.717) is 5.78 Å². The zero-order valence-corrected chi connectivity index (χ0v) is 11.4. The average molecular weight is 226 g/mol. The van der Waals surface area contributed by atoms with E-state index in [1.807, 2.05) is 0 Å². The summed E-state index contributed by atoms with van der Waals surface area (Å²) in [5.74, 6) is 0.492. The van der Waals surface area contributed by atoms with Gasteiger partial charge in [-0.1, -0.05) is 65.2 Å². The third-order valence-corrected chi connectivity index (χ3v) is 3.12. The predicted molar refractivity (Wildman–Crippen MR) is 71.8 cm³/mol. The van der Waals surface area contributed by atoms with Gasteiger partial charge in [0.1, 0.15) is 5.78 Å². The summed E-state index contributed by atoms with van der Waals surface area (Å²) >= 11 is 0. The monoisotopic (exact) mass is 226 g/mol. The van der Waals surface area contributed by atoms with Crippen LogP contribution in [0.1, 0.15) is 90.9 Å². The first-order valence-corrected chi connectivity index (χ1v) is 7.33. The van der Waals surface area contributed by atoms with Gasteiger partial charge >= 0.3 is 0 Å². The van der Waals surface area contributed by atoms with Crippen molar-refractivity contribution < 1.29 is 4.79 Å². The first-order valence-electron chi connectivity index (χ1n) is 7.33. The maximum absolute atomic E-state index is 11.5. The zero-order valence-electron chi connectivity index (χ0n) is 11.4. The number of carbonyl (C=O) groups excluding carboxylic acids is 1. The van der Waals surface area contributed by atoms with Gasteiger partial charge < -0.3 is 0 Å². The van der Waals surface area contributed by atoms with Gasteiger partial charge in [0.25, 0.3) is 0 Å². The molecule has 0 radical (unpaired) electrons. The van der Waals surface area contributed by atoms with E-state index in [-0.39, 0.29) is 0 Å². The van der Waals surface area contributed by atoms with E-state index in [0.717, 1.165) is 25.7 Å². The Hall–Kier alpha value is -0.330. The predicted octanol–water partition coefficient (Wildman–Crippen LogP) is 5.28. The molecule has 0 atom stereocenters. The fourth-order valence-corrected chi connectivity index (χ4v) is 1.98. The van der Waals surface area contributed by atoms with Crippen molar-refractivity contribution in [2.75, 3.05) is 0 Å². The molecular formula is C15H30O. The lowest BCUT2D eigenvalue weighted by Crippen LogP contribution is -1.97. The van der Waals surface area contributed by atoms with Crippen LogP contribution in [0.15, 0.2) is 0 Å². The van der Waals surface area contributed by atoms with Crippen molar-refractivity contribution in [1.82, 2.24) is 0 Å². The Morgan fingerprint density at radius 2 is 1.00 bits per heavy atom. The number of hydrogen-bond donors (Lipinski definition) is 0. The molecule has 0 aliphatic heterocycles. The lowest BCUT2D eigenvalue weighted by molar-refractivity contribution is -0.119. The molecule has 1 nitrogen and oxygen atoms in total. The number of hydrogen-bond acceptors (Lipinski definition) is 1. The van der Waals surface area contributed by atoms with Crippen molar-refractivity contribution in [2.45, 2.75) is 90.9 Å². The Labute approximate surface area is 102 Å². The largest absolute Gasteiger partial charge is 0.300 e. The van der Waals surface area contributed by atoms with Crippen LogP contribution in [0.25, 0.3) is 0 Å². The molecule has 0 bridgehead atoms. The number of ketones is 1. The van der Waals surface area contributed by atoms with E-state index < -0.39 is 0 Å². The van der Waals surface area contributed by atoms with Crippen LogP contribution in [-0.2, 0) is 4.79 Å². The minimum Gasteiger partial charge on any atom is -0.300 e. The molecule has 0 unspecified atom stereocenters. The first kappa shape index (κ1) is 15.7. The summed E-state index contributed by atoms with van der Waals surface area (Å²) in [6.07, 6.45) is 14.2. The molecule has 0 heterocycles. The molecule has 0 N–H and O–H groups in total. The molecule has 0 saturated carbocycles. The lowest BCUT2D eigenvalue weighted by Gasteiger charge is -2.01. The van der Waals surface area contributed by atoms with E-state index in [2.05, 4.69) is 13.8 Å². The molecule has 0 amide bonds. The minimum atomic E-state index is 0.492. The Morgan fingerprint density at radius 3 is 1.50 bits per heavy atom. The van der Waals surface area contributed by atoms with Gasteiger partial charge in [0.15, 0.2) is 0 Å². The fourth-order valence-electron chi connectivity index (χ4n) is 1.98. The molecular weight excluding hydrogens is 196 g/mol. The van der Waals surface area contributed by atoms with E-state index in [9.17, 15) is 4.79 Å². The second-order valence-corrected chi connectivity index (χ2v) is 4.87. The van der Waals surface area contributed by atoms with Gasteiger partial charge in [-0.2, -0.15) is 0 Å². The summed E-state index contributed by atoms with van der Waals surface area (Å²) in [5, 5.41) is 0. The first-order chi connectivity index (χ1) is 7.81. The third-order valence-electron chi connectivity index (χ3n) is 3.12. The van der Waals surface area contributed by atoms with E-state index in [1.54, 1.807) is 0 Å². The molecule has 0 rings (SSSR count). The highest BCUT2D eigenvalue weighted by Crippen LogP contribution is 2.10. The molecule has 0 fully saturated rings. The number of Topliss-reactive ketones (excluding diaryl/α,β-unsaturated/α-hetero) is 1. The second kappa shape index (κ2) is 12.7. The average Bonchev–Trinajstić information content (AvgIpc) is 2.29. The zero-order chi connectivity index (χ0) is 12.1. The van der Waals surface area contributed by atoms with Crippen LogP contribution in [0.5, 0.6) is 0 Å². The molecule has 96 valence electrons. The van der Waals surface area contributed by atoms with Crippen molar-refractivity contribution in [2.24, 2.45) is 0 Å². The molecule has 0 aliphatic rings. The Kier molecular flexibility index (Phi) is 12.5. The summed E-state index contributed by atoms with van der Waals surface area (Å²) in [4.78, 5) is 11.5. The van der Waals surface area contributed by atoms with Crippen molar-refractivity contribution in [3.63, 3.8) is 0 Å². The maximum atomic E-state index is 11.5. The van der Waals surface area contributed by atoms with Crippen LogP contribution < -0.4 is 0 Å². The van der Waals surface area contributed by atoms with Gasteiger partial charge in [0, 0.05) is 12.8 Å². The van der Waals surface area contributed by atoms with Crippen LogP contribution in [0.2, 0.25) is 0 Å². The molecule has 16 heavy (non-hydrogen) atoms. The third kappa shape index (κ3) is 11.7. The summed E-state index contributed by atoms with van der Waals surface area (Å²) < 4.78 is 0. The Balaban J connectivity index is 3.11. The topological polar surface area (TPSA) is 17.1 Å². The number of carbonyl (C=O) groups is 1. The van der Waals surface area contributed by atoms with Crippen molar-refractivity contribution in [3.8, 4) is 0 Å². The normalized spacial score (nSPS) is 10.6. The standard InChI is InChI=1S/C15H30O/c1-3-5-7-9-10-12-14-15(16)13-11-8-6-4-2/h3-14H2,1-2H3. The van der Waals surface area contributed by atoms with Gasteiger partial charge in [-0.15, -0.1) is 0 Å². The SMILES string of the molecule is CCCCCCCCC(=O)CCCCCC. The lowest BCUT2D eigenvalue weighted by atomic mass is 10.0. The Bertz CT molecular complexity index is 152. The molecule has 1 heteroatoms. The number of rotatable bonds is 12. The van der Waals surface area contributed by atoms with E-state index in [4.69, 9.17) is 0 Å². The quantitative estimate of drug-likeness (QED) is 0.414. The van der Waals surface area contributed by atoms with Crippen molar-refractivity contribution in [3.05, 3.63) is 0 Å². The maximum Gasteiger partial charge on any atom is 0.132 e. The molecule has 0 spiro atoms. The van der Waals surface area contributed by atoms with Crippen LogP contribution in [0.4, 0.5) is 0 Å². The summed E-state index contributed by atoms with van der Waals surface area (Å²) in [6, 6.07) is 0. The van der Waals surface area contributed by atoms with Crippen LogP contribution in [-0.4, -0.2) is 5.78 Å². The van der Waals surface area contributed by atoms with E-state index in [1.165, 1.54) is 51.4 Å². The summed E-state index contributed by atoms with van der Waals surface area (Å²) in [5.41, 5.74) is 0. The Morgan fingerprint density at radius 1 is 0.625 bits per heavy atom. The smallest absolute Gasteiger partial charge is 0.132 e. The summed E-state index contributed by atoms with van der Waals surface area (Å²) in [6.45, 7) is 4.44. The van der Waals surface area contributed by atoms with Crippen LogP contribution in [0.3, 0.4) is 0 Å². The van der Waals surface area contributed by atoms with Gasteiger partial charge in [-0.25, -0.2) is 0 Å².